The van der Waals surface area contributed by atoms with Crippen molar-refractivity contribution < 1.29 is 9.53 Å². The second-order valence-electron chi connectivity index (χ2n) is 9.25. The summed E-state index contributed by atoms with van der Waals surface area (Å²) in [7, 11) is 7.65. The summed E-state index contributed by atoms with van der Waals surface area (Å²) in [5.41, 5.74) is 6.37. The maximum absolute atomic E-state index is 12.8. The predicted octanol–water partition coefficient (Wildman–Crippen LogP) is 4.91. The number of allylic oxidation sites excluding steroid dienone is 1. The fourth-order valence-corrected chi connectivity index (χ4v) is 4.69. The summed E-state index contributed by atoms with van der Waals surface area (Å²) in [6.45, 7) is 4.43. The molecule has 1 N–H and O–H groups in total. The van der Waals surface area contributed by atoms with Gasteiger partial charge in [-0.15, -0.1) is 0 Å². The zero-order chi connectivity index (χ0) is 26.1. The minimum absolute atomic E-state index is 0.172. The third kappa shape index (κ3) is 4.59. The van der Waals surface area contributed by atoms with Crippen LogP contribution in [0.25, 0.3) is 22.2 Å². The number of aryl methyl sites for hydroxylation is 1. The number of likely N-dealkylation sites (N-methyl/N-ethyl adjacent to an activating group) is 1. The Balaban J connectivity index is 1.52. The fourth-order valence-electron chi connectivity index (χ4n) is 4.69. The normalized spacial score (nSPS) is 13.9. The lowest BCUT2D eigenvalue weighted by molar-refractivity contribution is -0.113. The molecule has 8 nitrogen and oxygen atoms in total. The van der Waals surface area contributed by atoms with Gasteiger partial charge < -0.3 is 19.5 Å². The van der Waals surface area contributed by atoms with E-state index in [4.69, 9.17) is 9.72 Å². The number of nitrogens with one attached hydrogen (secondary N) is 1. The summed E-state index contributed by atoms with van der Waals surface area (Å²) >= 11 is 0. The minimum Gasteiger partial charge on any atom is -0.495 e. The summed E-state index contributed by atoms with van der Waals surface area (Å²) in [5, 5.41) is 4.44. The number of ether oxygens (including phenoxy) is 1. The van der Waals surface area contributed by atoms with Gasteiger partial charge >= 0.3 is 0 Å². The van der Waals surface area contributed by atoms with Crippen molar-refractivity contribution in [2.24, 2.45) is 7.05 Å². The number of para-hydroxylation sites is 1. The van der Waals surface area contributed by atoms with Crippen LogP contribution < -0.4 is 15.0 Å². The molecule has 0 aliphatic carbocycles. The van der Waals surface area contributed by atoms with E-state index < -0.39 is 0 Å². The molecule has 188 valence electrons. The predicted molar refractivity (Wildman–Crippen MR) is 148 cm³/mol. The van der Waals surface area contributed by atoms with Crippen molar-refractivity contribution in [1.29, 1.82) is 0 Å². The van der Waals surface area contributed by atoms with Gasteiger partial charge in [-0.05, 0) is 50.0 Å². The Kier molecular flexibility index (Phi) is 6.50. The quantitative estimate of drug-likeness (QED) is 0.368. The van der Waals surface area contributed by atoms with E-state index in [2.05, 4.69) is 50.8 Å². The number of rotatable bonds is 7. The summed E-state index contributed by atoms with van der Waals surface area (Å²) in [4.78, 5) is 25.9. The first kappa shape index (κ1) is 24.3. The topological polar surface area (TPSA) is 75.5 Å². The highest BCUT2D eigenvalue weighted by Gasteiger charge is 2.29. The van der Waals surface area contributed by atoms with E-state index >= 15 is 0 Å². The van der Waals surface area contributed by atoms with E-state index in [1.54, 1.807) is 18.2 Å². The lowest BCUT2D eigenvalue weighted by atomic mass is 10.1. The van der Waals surface area contributed by atoms with Gasteiger partial charge in [-0.1, -0.05) is 30.9 Å². The number of hydrogen-bond acceptors (Lipinski definition) is 6. The zero-order valence-corrected chi connectivity index (χ0v) is 21.5. The van der Waals surface area contributed by atoms with E-state index in [9.17, 15) is 4.79 Å². The van der Waals surface area contributed by atoms with Crippen molar-refractivity contribution in [3.05, 3.63) is 84.8 Å². The van der Waals surface area contributed by atoms with Crippen molar-refractivity contribution in [1.82, 2.24) is 19.4 Å². The summed E-state index contributed by atoms with van der Waals surface area (Å²) < 4.78 is 7.79. The summed E-state index contributed by atoms with van der Waals surface area (Å²) in [5.74, 6) is 0.915. The Morgan fingerprint density at radius 1 is 1.24 bits per heavy atom. The molecule has 2 aromatic heterocycles. The number of amides is 1. The standard InChI is InChI=1S/C29H30N6O2/c1-6-28(36)35-20(12-14-33(2)3)15-19-16-27(37-5)24(17-26(19)35)32-29-30-13-11-23(31-29)22-18-34(4)25-10-8-7-9-21(22)25/h6-13,16-18H,1,14-15H2,2-5H3,(H,30,31,32)/b20-12+. The number of carbonyl (C=O) groups is 1. The van der Waals surface area contributed by atoms with Crippen molar-refractivity contribution in [2.75, 3.05) is 38.0 Å². The number of fused-ring (bicyclic) bond motifs is 2. The van der Waals surface area contributed by atoms with Crippen LogP contribution in [0.1, 0.15) is 5.56 Å². The number of anilines is 3. The van der Waals surface area contributed by atoms with Gasteiger partial charge in [-0.3, -0.25) is 9.69 Å². The van der Waals surface area contributed by atoms with E-state index in [1.807, 2.05) is 51.5 Å². The van der Waals surface area contributed by atoms with Crippen LogP contribution in [0.15, 0.2) is 79.3 Å². The van der Waals surface area contributed by atoms with Crippen LogP contribution in [0, 0.1) is 0 Å². The maximum atomic E-state index is 12.8. The Morgan fingerprint density at radius 2 is 2.05 bits per heavy atom. The molecule has 0 bridgehead atoms. The zero-order valence-electron chi connectivity index (χ0n) is 21.5. The van der Waals surface area contributed by atoms with Crippen molar-refractivity contribution >= 4 is 34.1 Å². The van der Waals surface area contributed by atoms with Crippen LogP contribution in [0.4, 0.5) is 17.3 Å². The summed E-state index contributed by atoms with van der Waals surface area (Å²) in [6.07, 6.45) is 7.85. The van der Waals surface area contributed by atoms with Gasteiger partial charge in [0.1, 0.15) is 5.75 Å². The molecule has 0 atom stereocenters. The molecule has 37 heavy (non-hydrogen) atoms. The van der Waals surface area contributed by atoms with Crippen LogP contribution in [0.5, 0.6) is 5.75 Å². The Hall–Kier alpha value is -4.43. The van der Waals surface area contributed by atoms with Crippen LogP contribution in [0.2, 0.25) is 0 Å². The van der Waals surface area contributed by atoms with Gasteiger partial charge in [0.2, 0.25) is 5.95 Å². The second kappa shape index (κ2) is 9.91. The maximum Gasteiger partial charge on any atom is 0.254 e. The fraction of sp³-hybridized carbons (Fsp3) is 0.207. The van der Waals surface area contributed by atoms with Gasteiger partial charge in [0, 0.05) is 54.6 Å². The Labute approximate surface area is 216 Å². The first-order chi connectivity index (χ1) is 17.9. The number of benzene rings is 2. The van der Waals surface area contributed by atoms with Crippen molar-refractivity contribution in [2.45, 2.75) is 6.42 Å². The molecule has 0 fully saturated rings. The molecule has 1 amide bonds. The first-order valence-corrected chi connectivity index (χ1v) is 12.0. The largest absolute Gasteiger partial charge is 0.495 e. The average molecular weight is 495 g/mol. The van der Waals surface area contributed by atoms with Gasteiger partial charge in [0.05, 0.1) is 24.2 Å². The van der Waals surface area contributed by atoms with E-state index in [0.717, 1.165) is 45.7 Å². The third-order valence-electron chi connectivity index (χ3n) is 6.46. The highest BCUT2D eigenvalue weighted by molar-refractivity contribution is 6.06. The third-order valence-corrected chi connectivity index (χ3v) is 6.46. The van der Waals surface area contributed by atoms with Crippen molar-refractivity contribution in [3.63, 3.8) is 0 Å². The van der Waals surface area contributed by atoms with E-state index in [1.165, 1.54) is 6.08 Å². The molecule has 1 aliphatic heterocycles. The average Bonchev–Trinajstić information content (AvgIpc) is 3.43. The molecule has 2 aromatic carbocycles. The highest BCUT2D eigenvalue weighted by atomic mass is 16.5. The molecule has 1 aliphatic rings. The molecule has 0 radical (unpaired) electrons. The lowest BCUT2D eigenvalue weighted by Gasteiger charge is -2.20. The molecule has 0 saturated heterocycles. The molecule has 4 aromatic rings. The molecular weight excluding hydrogens is 464 g/mol. The van der Waals surface area contributed by atoms with Gasteiger partial charge in [-0.25, -0.2) is 9.97 Å². The highest BCUT2D eigenvalue weighted by Crippen LogP contribution is 2.42. The van der Waals surface area contributed by atoms with Crippen LogP contribution in [-0.2, 0) is 18.3 Å². The first-order valence-electron chi connectivity index (χ1n) is 12.0. The number of hydrogen-bond donors (Lipinski definition) is 1. The van der Waals surface area contributed by atoms with E-state index in [0.29, 0.717) is 23.8 Å². The molecule has 5 rings (SSSR count). The van der Waals surface area contributed by atoms with E-state index in [-0.39, 0.29) is 5.91 Å². The molecule has 3 heterocycles. The Bertz CT molecular complexity index is 1530. The smallest absolute Gasteiger partial charge is 0.254 e. The molecule has 8 heteroatoms. The van der Waals surface area contributed by atoms with Crippen LogP contribution in [-0.4, -0.2) is 53.1 Å². The minimum atomic E-state index is -0.172. The molecule has 0 spiro atoms. The van der Waals surface area contributed by atoms with Crippen LogP contribution in [0.3, 0.4) is 0 Å². The monoisotopic (exact) mass is 494 g/mol. The number of methoxy groups -OCH3 is 1. The number of aromatic nitrogens is 3. The molecular formula is C29H30N6O2. The molecule has 0 unspecified atom stereocenters. The van der Waals surface area contributed by atoms with Crippen molar-refractivity contribution in [3.8, 4) is 17.0 Å². The Morgan fingerprint density at radius 3 is 2.81 bits per heavy atom. The SMILES string of the molecule is C=CC(=O)N1/C(=C/CN(C)C)Cc2cc(OC)c(Nc3nccc(-c4cn(C)c5ccccc45)n3)cc21. The molecule has 0 saturated carbocycles. The van der Waals surface area contributed by atoms with Gasteiger partial charge in [0.25, 0.3) is 5.91 Å². The van der Waals surface area contributed by atoms with Gasteiger partial charge in [0.15, 0.2) is 0 Å². The second-order valence-corrected chi connectivity index (χ2v) is 9.25. The lowest BCUT2D eigenvalue weighted by Crippen LogP contribution is -2.26. The van der Waals surface area contributed by atoms with Crippen LogP contribution >= 0.6 is 0 Å². The summed E-state index contributed by atoms with van der Waals surface area (Å²) in [6, 6.07) is 14.0. The van der Waals surface area contributed by atoms with Gasteiger partial charge in [-0.2, -0.15) is 0 Å². The number of nitrogens with zero attached hydrogens (tertiary/aromatic N) is 5. The number of carbonyl (C=O) groups excluding carboxylic acids is 1.